The van der Waals surface area contributed by atoms with Gasteiger partial charge in [-0.3, -0.25) is 25.2 Å². The predicted octanol–water partition coefficient (Wildman–Crippen LogP) is 5.72. The van der Waals surface area contributed by atoms with Crippen LogP contribution in [0.4, 0.5) is 34.1 Å². The molecule has 0 aliphatic heterocycles. The van der Waals surface area contributed by atoms with Crippen molar-refractivity contribution in [2.24, 2.45) is 4.99 Å². The summed E-state index contributed by atoms with van der Waals surface area (Å²) < 4.78 is 0. The monoisotopic (exact) mass is 439 g/mol. The van der Waals surface area contributed by atoms with Gasteiger partial charge < -0.3 is 10.2 Å². The van der Waals surface area contributed by atoms with E-state index in [9.17, 15) is 20.2 Å². The first-order valence-corrected chi connectivity index (χ1v) is 9.44. The normalized spacial score (nSPS) is 10.8. The van der Waals surface area contributed by atoms with Crippen LogP contribution in [-0.4, -0.2) is 30.2 Å². The lowest BCUT2D eigenvalue weighted by atomic mass is 10.2. The fraction of sp³-hybridized carbons (Fsp3) is 0.0952. The Hall–Kier alpha value is -3.98. The van der Waals surface area contributed by atoms with E-state index in [0.717, 1.165) is 23.4 Å². The molecule has 3 rings (SSSR count). The lowest BCUT2D eigenvalue weighted by Gasteiger charge is -2.12. The molecule has 1 N–H and O–H groups in total. The zero-order chi connectivity index (χ0) is 22.5. The molecule has 3 aromatic rings. The summed E-state index contributed by atoms with van der Waals surface area (Å²) in [5.74, 6) is 0. The molecule has 10 heteroatoms. The SMILES string of the molecule is CN(C)c1ccc(C=Nc2ccccc2Nc2cc(Cl)c([N+](=O)[O-])cc2[N+](=O)[O-])cc1. The fourth-order valence-electron chi connectivity index (χ4n) is 2.78. The highest BCUT2D eigenvalue weighted by atomic mass is 35.5. The third kappa shape index (κ3) is 5.14. The van der Waals surface area contributed by atoms with Crippen molar-refractivity contribution in [2.75, 3.05) is 24.3 Å². The molecule has 158 valence electrons. The van der Waals surface area contributed by atoms with Gasteiger partial charge in [0.25, 0.3) is 11.4 Å². The number of hydrogen-bond acceptors (Lipinski definition) is 7. The molecular formula is C21H18ClN5O4. The van der Waals surface area contributed by atoms with E-state index in [0.29, 0.717) is 11.4 Å². The van der Waals surface area contributed by atoms with Crippen molar-refractivity contribution in [3.63, 3.8) is 0 Å². The summed E-state index contributed by atoms with van der Waals surface area (Å²) in [5.41, 5.74) is 1.98. The Morgan fingerprint density at radius 1 is 0.935 bits per heavy atom. The van der Waals surface area contributed by atoms with Gasteiger partial charge in [0.05, 0.1) is 27.3 Å². The molecule has 0 aliphatic carbocycles. The smallest absolute Gasteiger partial charge is 0.299 e. The Kier molecular flexibility index (Phi) is 6.46. The van der Waals surface area contributed by atoms with Crippen LogP contribution in [0, 0.1) is 20.2 Å². The van der Waals surface area contributed by atoms with Gasteiger partial charge in [-0.15, -0.1) is 0 Å². The number of aliphatic imine (C=N–C) groups is 1. The molecule has 3 aromatic carbocycles. The van der Waals surface area contributed by atoms with Crippen molar-refractivity contribution in [3.8, 4) is 0 Å². The van der Waals surface area contributed by atoms with Crippen LogP contribution in [0.5, 0.6) is 0 Å². The van der Waals surface area contributed by atoms with Gasteiger partial charge in [0, 0.05) is 26.0 Å². The lowest BCUT2D eigenvalue weighted by molar-refractivity contribution is -0.393. The number of nitro benzene ring substituents is 2. The molecule has 9 nitrogen and oxygen atoms in total. The molecule has 0 bridgehead atoms. The number of nitrogens with zero attached hydrogens (tertiary/aromatic N) is 4. The number of para-hydroxylation sites is 2. The maximum atomic E-state index is 11.4. The number of hydrogen-bond donors (Lipinski definition) is 1. The summed E-state index contributed by atoms with van der Waals surface area (Å²) in [7, 11) is 3.91. The Morgan fingerprint density at radius 3 is 2.19 bits per heavy atom. The molecule has 0 atom stereocenters. The summed E-state index contributed by atoms with van der Waals surface area (Å²) in [6.07, 6.45) is 1.68. The van der Waals surface area contributed by atoms with Gasteiger partial charge in [-0.25, -0.2) is 0 Å². The maximum Gasteiger partial charge on any atom is 0.299 e. The highest BCUT2D eigenvalue weighted by molar-refractivity contribution is 6.33. The Labute approximate surface area is 182 Å². The van der Waals surface area contributed by atoms with E-state index in [1.54, 1.807) is 30.5 Å². The third-order valence-corrected chi connectivity index (χ3v) is 4.70. The largest absolute Gasteiger partial charge is 0.378 e. The quantitative estimate of drug-likeness (QED) is 0.286. The Balaban J connectivity index is 1.93. The molecule has 0 unspecified atom stereocenters. The summed E-state index contributed by atoms with van der Waals surface area (Å²) >= 11 is 5.95. The van der Waals surface area contributed by atoms with E-state index in [1.165, 1.54) is 0 Å². The van der Waals surface area contributed by atoms with Crippen LogP contribution in [0.25, 0.3) is 0 Å². The van der Waals surface area contributed by atoms with Crippen molar-refractivity contribution in [1.29, 1.82) is 0 Å². The molecule has 0 aromatic heterocycles. The average molecular weight is 440 g/mol. The molecule has 0 saturated carbocycles. The highest BCUT2D eigenvalue weighted by Gasteiger charge is 2.24. The van der Waals surface area contributed by atoms with Gasteiger partial charge in [0.1, 0.15) is 10.7 Å². The second kappa shape index (κ2) is 9.23. The zero-order valence-corrected chi connectivity index (χ0v) is 17.4. The van der Waals surface area contributed by atoms with Gasteiger partial charge in [0.2, 0.25) is 0 Å². The first-order chi connectivity index (χ1) is 14.8. The van der Waals surface area contributed by atoms with E-state index in [1.807, 2.05) is 43.3 Å². The average Bonchev–Trinajstić information content (AvgIpc) is 2.73. The Bertz CT molecular complexity index is 1160. The number of benzene rings is 3. The zero-order valence-electron chi connectivity index (χ0n) is 16.7. The van der Waals surface area contributed by atoms with Crippen LogP contribution in [0.3, 0.4) is 0 Å². The number of halogens is 1. The minimum Gasteiger partial charge on any atom is -0.378 e. The Morgan fingerprint density at radius 2 is 1.58 bits per heavy atom. The second-order valence-corrected chi connectivity index (χ2v) is 7.13. The second-order valence-electron chi connectivity index (χ2n) is 6.72. The predicted molar refractivity (Wildman–Crippen MR) is 123 cm³/mol. The van der Waals surface area contributed by atoms with Gasteiger partial charge >= 0.3 is 0 Å². The van der Waals surface area contributed by atoms with Crippen LogP contribution in [0.2, 0.25) is 5.02 Å². The van der Waals surface area contributed by atoms with Crippen molar-refractivity contribution >= 4 is 51.9 Å². The molecule has 0 saturated heterocycles. The summed E-state index contributed by atoms with van der Waals surface area (Å²) in [5, 5.41) is 25.2. The molecule has 31 heavy (non-hydrogen) atoms. The molecule has 0 spiro atoms. The van der Waals surface area contributed by atoms with Crippen molar-refractivity contribution in [2.45, 2.75) is 0 Å². The van der Waals surface area contributed by atoms with E-state index < -0.39 is 21.2 Å². The first kappa shape index (κ1) is 21.7. The first-order valence-electron chi connectivity index (χ1n) is 9.06. The van der Waals surface area contributed by atoms with E-state index >= 15 is 0 Å². The summed E-state index contributed by atoms with van der Waals surface area (Å²) in [6.45, 7) is 0. The number of anilines is 3. The van der Waals surface area contributed by atoms with Gasteiger partial charge in [-0.2, -0.15) is 0 Å². The van der Waals surface area contributed by atoms with Gasteiger partial charge in [-0.1, -0.05) is 35.9 Å². The molecule has 0 aliphatic rings. The summed E-state index contributed by atoms with van der Waals surface area (Å²) in [4.78, 5) is 27.5. The molecule has 0 fully saturated rings. The lowest BCUT2D eigenvalue weighted by Crippen LogP contribution is -2.08. The van der Waals surface area contributed by atoms with Crippen molar-refractivity contribution in [1.82, 2.24) is 0 Å². The molecular weight excluding hydrogens is 422 g/mol. The molecule has 0 radical (unpaired) electrons. The molecule has 0 heterocycles. The van der Waals surface area contributed by atoms with Crippen LogP contribution in [0.15, 0.2) is 65.7 Å². The van der Waals surface area contributed by atoms with E-state index in [4.69, 9.17) is 11.6 Å². The van der Waals surface area contributed by atoms with Crippen LogP contribution in [-0.2, 0) is 0 Å². The number of nitrogens with one attached hydrogen (secondary N) is 1. The van der Waals surface area contributed by atoms with Gasteiger partial charge in [-0.05, 0) is 35.9 Å². The van der Waals surface area contributed by atoms with Crippen molar-refractivity contribution in [3.05, 3.63) is 91.5 Å². The van der Waals surface area contributed by atoms with Gasteiger partial charge in [0.15, 0.2) is 0 Å². The topological polar surface area (TPSA) is 114 Å². The van der Waals surface area contributed by atoms with E-state index in [-0.39, 0.29) is 10.7 Å². The minimum atomic E-state index is -0.765. The standard InChI is InChI=1S/C21H18ClN5O4/c1-25(2)15-9-7-14(8-10-15)13-23-17-5-3-4-6-18(17)24-19-11-16(22)20(26(28)29)12-21(19)27(30)31/h3-13,24H,1-2H3. The third-order valence-electron chi connectivity index (χ3n) is 4.39. The fourth-order valence-corrected chi connectivity index (χ4v) is 3.01. The van der Waals surface area contributed by atoms with Crippen molar-refractivity contribution < 1.29 is 9.85 Å². The van der Waals surface area contributed by atoms with Crippen LogP contribution >= 0.6 is 11.6 Å². The minimum absolute atomic E-state index is 0.0265. The maximum absolute atomic E-state index is 11.4. The van der Waals surface area contributed by atoms with E-state index in [2.05, 4.69) is 10.3 Å². The summed E-state index contributed by atoms with van der Waals surface area (Å²) in [6, 6.07) is 16.7. The number of rotatable bonds is 7. The van der Waals surface area contributed by atoms with Crippen LogP contribution in [0.1, 0.15) is 5.56 Å². The highest BCUT2D eigenvalue weighted by Crippen LogP contribution is 2.38. The number of nitro groups is 2. The molecule has 0 amide bonds. The van der Waals surface area contributed by atoms with Crippen LogP contribution < -0.4 is 10.2 Å².